The van der Waals surface area contributed by atoms with Gasteiger partial charge in [0.1, 0.15) is 11.1 Å². The first-order valence-corrected chi connectivity index (χ1v) is 12.4. The maximum atomic E-state index is 12.8. The lowest BCUT2D eigenvalue weighted by molar-refractivity contribution is -0.150. The van der Waals surface area contributed by atoms with Crippen molar-refractivity contribution < 1.29 is 12.3 Å². The number of hydrogen-bond donors (Lipinski definition) is 1. The predicted octanol–water partition coefficient (Wildman–Crippen LogP) is 5.49. The zero-order valence-corrected chi connectivity index (χ0v) is 19.9. The van der Waals surface area contributed by atoms with Crippen molar-refractivity contribution in [1.29, 1.82) is 0 Å². The molecule has 4 atom stereocenters. The van der Waals surface area contributed by atoms with E-state index in [1.54, 1.807) is 12.1 Å². The lowest BCUT2D eigenvalue weighted by Gasteiger charge is -2.57. The van der Waals surface area contributed by atoms with Gasteiger partial charge in [-0.15, -0.1) is 0 Å². The third-order valence-electron chi connectivity index (χ3n) is 7.71. The molecule has 33 heavy (non-hydrogen) atoms. The summed E-state index contributed by atoms with van der Waals surface area (Å²) in [4.78, 5) is 27.3. The number of ketones is 2. The van der Waals surface area contributed by atoms with Crippen LogP contribution in [0.2, 0.25) is 0 Å². The van der Waals surface area contributed by atoms with Crippen LogP contribution in [0.15, 0.2) is 60.7 Å². The van der Waals surface area contributed by atoms with Gasteiger partial charge in [0.05, 0.1) is 0 Å². The summed E-state index contributed by atoms with van der Waals surface area (Å²) in [6.45, 7) is 4.51. The molecule has 3 fully saturated rings. The summed E-state index contributed by atoms with van der Waals surface area (Å²) in [5.74, 6) is -0.0548. The van der Waals surface area contributed by atoms with E-state index in [2.05, 4.69) is 43.0 Å². The van der Waals surface area contributed by atoms with Crippen LogP contribution in [-0.2, 0) is 20.7 Å². The molecule has 0 amide bonds. The van der Waals surface area contributed by atoms with Crippen LogP contribution in [0.5, 0.6) is 0 Å². The van der Waals surface area contributed by atoms with Crippen LogP contribution in [-0.4, -0.2) is 28.6 Å². The van der Waals surface area contributed by atoms with E-state index < -0.39 is 17.7 Å². The highest BCUT2D eigenvalue weighted by atomic mass is 16.1. The Balaban J connectivity index is 0.000000168. The molecule has 0 aromatic heterocycles. The molecule has 2 aromatic carbocycles. The van der Waals surface area contributed by atoms with Crippen LogP contribution < -0.4 is 5.73 Å². The number of benzene rings is 2. The van der Waals surface area contributed by atoms with Crippen LogP contribution in [0.25, 0.3) is 0 Å². The van der Waals surface area contributed by atoms with Crippen molar-refractivity contribution in [3.63, 3.8) is 0 Å². The summed E-state index contributed by atoms with van der Waals surface area (Å²) in [7, 11) is 0. The van der Waals surface area contributed by atoms with E-state index in [9.17, 15) is 9.59 Å². The average Bonchev–Trinajstić information content (AvgIpc) is 2.85. The molecule has 4 nitrogen and oxygen atoms in total. The van der Waals surface area contributed by atoms with Crippen LogP contribution in [0.4, 0.5) is 0 Å². The Bertz CT molecular complexity index is 1040. The summed E-state index contributed by atoms with van der Waals surface area (Å²) in [6.07, 6.45) is 4.82. The highest BCUT2D eigenvalue weighted by Gasteiger charge is 2.53. The van der Waals surface area contributed by atoms with E-state index in [4.69, 9.17) is 8.48 Å². The monoisotopic (exact) mass is 448 g/mol. The zero-order chi connectivity index (χ0) is 25.3. The van der Waals surface area contributed by atoms with E-state index in [-0.39, 0.29) is 12.0 Å². The van der Waals surface area contributed by atoms with Gasteiger partial charge in [-0.2, -0.15) is 0 Å². The average molecular weight is 449 g/mol. The molecule has 4 heteroatoms. The molecule has 176 valence electrons. The maximum absolute atomic E-state index is 12.8. The van der Waals surface area contributed by atoms with Gasteiger partial charge in [0, 0.05) is 27.6 Å². The van der Waals surface area contributed by atoms with Crippen LogP contribution in [0.1, 0.15) is 85.5 Å². The Morgan fingerprint density at radius 3 is 1.97 bits per heavy atom. The minimum atomic E-state index is -1.79. The molecule has 2 N–H and O–H groups in total. The SMILES string of the molecule is CC1CC(C)N1[C@@]1(c2ccccc2)CCCCC1=O.[2H]C1([2H])CCC[C@@](N)(c2ccccc2)C1=O. The van der Waals surface area contributed by atoms with Gasteiger partial charge in [0.25, 0.3) is 0 Å². The summed E-state index contributed by atoms with van der Waals surface area (Å²) in [6, 6.07) is 20.6. The normalized spacial score (nSPS) is 34.9. The lowest BCUT2D eigenvalue weighted by Crippen LogP contribution is -2.66. The fraction of sp³-hybridized carbons (Fsp3) is 0.517. The zero-order valence-electron chi connectivity index (χ0n) is 21.9. The highest BCUT2D eigenvalue weighted by molar-refractivity contribution is 5.91. The van der Waals surface area contributed by atoms with Crippen molar-refractivity contribution in [1.82, 2.24) is 4.90 Å². The Kier molecular flexibility index (Phi) is 6.38. The molecule has 0 spiro atoms. The highest BCUT2D eigenvalue weighted by Crippen LogP contribution is 2.46. The number of nitrogens with two attached hydrogens (primary N) is 1. The molecule has 2 aliphatic carbocycles. The van der Waals surface area contributed by atoms with Gasteiger partial charge >= 0.3 is 0 Å². The van der Waals surface area contributed by atoms with Crippen molar-refractivity contribution in [3.05, 3.63) is 71.8 Å². The second kappa shape index (κ2) is 9.90. The lowest BCUT2D eigenvalue weighted by atomic mass is 9.70. The molecule has 1 heterocycles. The van der Waals surface area contributed by atoms with Crippen molar-refractivity contribution in [2.45, 2.75) is 94.7 Å². The number of carbonyl (C=O) groups excluding carboxylic acids is 2. The van der Waals surface area contributed by atoms with Crippen LogP contribution >= 0.6 is 0 Å². The first kappa shape index (κ1) is 21.2. The van der Waals surface area contributed by atoms with Gasteiger partial charge in [-0.05, 0) is 57.1 Å². The molecule has 3 aliphatic rings. The van der Waals surface area contributed by atoms with Crippen molar-refractivity contribution in [3.8, 4) is 0 Å². The fourth-order valence-electron chi connectivity index (χ4n) is 6.08. The maximum Gasteiger partial charge on any atom is 0.157 e. The number of carbonyl (C=O) groups is 2. The smallest absolute Gasteiger partial charge is 0.157 e. The van der Waals surface area contributed by atoms with Gasteiger partial charge < -0.3 is 5.73 Å². The topological polar surface area (TPSA) is 63.4 Å². The largest absolute Gasteiger partial charge is 0.315 e. The first-order chi connectivity index (χ1) is 16.6. The van der Waals surface area contributed by atoms with E-state index in [0.29, 0.717) is 36.3 Å². The summed E-state index contributed by atoms with van der Waals surface area (Å²) >= 11 is 0. The molecule has 1 aliphatic heterocycles. The van der Waals surface area contributed by atoms with E-state index >= 15 is 0 Å². The number of nitrogens with zero attached hydrogens (tertiary/aromatic N) is 1. The molecule has 2 saturated carbocycles. The third-order valence-corrected chi connectivity index (χ3v) is 7.71. The van der Waals surface area contributed by atoms with Crippen molar-refractivity contribution in [2.24, 2.45) is 5.73 Å². The molecular formula is C29H38N2O2. The standard InChI is InChI=1S/C17H23NO.C12H15NO/c1-13-12-14(2)18(13)17(11-7-6-10-16(17)19)15-8-4-3-5-9-15;13-12(9-5-4-8-11(12)14)10-6-2-1-3-7-10/h3-5,8-9,13-14H,6-7,10-12H2,1-2H3;1-3,6-7H,4-5,8-9,13H2/t13?,14?,17-;12-/m11/s1/i;8D2. The van der Waals surface area contributed by atoms with Gasteiger partial charge in [-0.3, -0.25) is 14.5 Å². The number of rotatable bonds is 3. The number of likely N-dealkylation sites (tertiary alicyclic amines) is 1. The molecule has 0 bridgehead atoms. The Morgan fingerprint density at radius 2 is 1.39 bits per heavy atom. The molecule has 5 rings (SSSR count). The summed E-state index contributed by atoms with van der Waals surface area (Å²) in [5.41, 5.74) is 6.54. The van der Waals surface area contributed by atoms with Crippen molar-refractivity contribution >= 4 is 11.6 Å². The molecule has 0 radical (unpaired) electrons. The summed E-state index contributed by atoms with van der Waals surface area (Å²) in [5, 5.41) is 0. The minimum Gasteiger partial charge on any atom is -0.315 e. The minimum absolute atomic E-state index is 0.275. The quantitative estimate of drug-likeness (QED) is 0.674. The van der Waals surface area contributed by atoms with Crippen molar-refractivity contribution in [2.75, 3.05) is 0 Å². The van der Waals surface area contributed by atoms with E-state index in [1.807, 2.05) is 24.3 Å². The second-order valence-electron chi connectivity index (χ2n) is 9.89. The number of Topliss-reactive ketones (excluding diaryl/α,β-unsaturated/α-hetero) is 2. The summed E-state index contributed by atoms with van der Waals surface area (Å²) < 4.78 is 15.3. The van der Waals surface area contributed by atoms with Crippen LogP contribution in [0, 0.1) is 0 Å². The molecule has 2 unspecified atom stereocenters. The molecule has 1 saturated heterocycles. The fourth-order valence-corrected chi connectivity index (χ4v) is 6.08. The predicted molar refractivity (Wildman–Crippen MR) is 133 cm³/mol. The number of hydrogen-bond acceptors (Lipinski definition) is 4. The molecule has 2 aromatic rings. The second-order valence-corrected chi connectivity index (χ2v) is 9.89. The Labute approximate surface area is 201 Å². The van der Waals surface area contributed by atoms with Gasteiger partial charge in [0.15, 0.2) is 11.6 Å². The Morgan fingerprint density at radius 1 is 0.818 bits per heavy atom. The van der Waals surface area contributed by atoms with Gasteiger partial charge in [-0.1, -0.05) is 73.5 Å². The van der Waals surface area contributed by atoms with E-state index in [1.165, 1.54) is 12.0 Å². The molecular weight excluding hydrogens is 408 g/mol. The Hall–Kier alpha value is -2.30. The van der Waals surface area contributed by atoms with E-state index in [0.717, 1.165) is 25.7 Å². The third kappa shape index (κ3) is 4.43. The van der Waals surface area contributed by atoms with Gasteiger partial charge in [-0.25, -0.2) is 0 Å². The van der Waals surface area contributed by atoms with Gasteiger partial charge in [0.2, 0.25) is 0 Å². The first-order valence-electron chi connectivity index (χ1n) is 13.4. The van der Waals surface area contributed by atoms with Crippen LogP contribution in [0.3, 0.4) is 0 Å².